The largest absolute Gasteiger partial charge is 0.456 e. The van der Waals surface area contributed by atoms with Crippen molar-refractivity contribution < 1.29 is 14.3 Å². The molecule has 2 N–H and O–H groups in total. The van der Waals surface area contributed by atoms with Crippen LogP contribution in [0.1, 0.15) is 49.5 Å². The van der Waals surface area contributed by atoms with E-state index < -0.39 is 5.60 Å². The van der Waals surface area contributed by atoms with Gasteiger partial charge in [0.1, 0.15) is 5.60 Å². The van der Waals surface area contributed by atoms with Crippen LogP contribution in [0.5, 0.6) is 0 Å². The molecule has 2 aromatic carbocycles. The zero-order chi connectivity index (χ0) is 20.9. The summed E-state index contributed by atoms with van der Waals surface area (Å²) in [4.78, 5) is 14.6. The summed E-state index contributed by atoms with van der Waals surface area (Å²) in [6.45, 7) is 8.94. The summed E-state index contributed by atoms with van der Waals surface area (Å²) in [5.41, 5.74) is 8.77. The minimum atomic E-state index is -0.535. The van der Waals surface area contributed by atoms with Crippen LogP contribution >= 0.6 is 0 Å². The molecule has 1 saturated heterocycles. The maximum Gasteiger partial charge on any atom is 0.340 e. The van der Waals surface area contributed by atoms with Gasteiger partial charge in [0.15, 0.2) is 0 Å². The lowest BCUT2D eigenvalue weighted by molar-refractivity contribution is 0.00708. The van der Waals surface area contributed by atoms with E-state index in [1.165, 1.54) is 5.56 Å². The summed E-state index contributed by atoms with van der Waals surface area (Å²) in [6, 6.07) is 15.9. The molecule has 156 valence electrons. The van der Waals surface area contributed by atoms with Gasteiger partial charge in [-0.25, -0.2) is 4.79 Å². The lowest BCUT2D eigenvalue weighted by atomic mass is 9.97. The third-order valence-electron chi connectivity index (χ3n) is 5.10. The van der Waals surface area contributed by atoms with Crippen LogP contribution in [0.15, 0.2) is 48.5 Å². The number of nitrogen functional groups attached to an aromatic ring is 1. The highest BCUT2D eigenvalue weighted by Crippen LogP contribution is 2.27. The molecule has 0 bridgehead atoms. The van der Waals surface area contributed by atoms with Crippen LogP contribution in [0, 0.1) is 5.92 Å². The lowest BCUT2D eigenvalue weighted by Crippen LogP contribution is -2.35. The maximum atomic E-state index is 12.3. The predicted octanol–water partition coefficient (Wildman–Crippen LogP) is 4.66. The van der Waals surface area contributed by atoms with Gasteiger partial charge < -0.3 is 20.1 Å². The molecule has 0 aliphatic carbocycles. The summed E-state index contributed by atoms with van der Waals surface area (Å²) in [6.07, 6.45) is 2.17. The fourth-order valence-corrected chi connectivity index (χ4v) is 3.54. The van der Waals surface area contributed by atoms with Crippen LogP contribution < -0.4 is 10.6 Å². The molecule has 0 amide bonds. The van der Waals surface area contributed by atoms with E-state index in [0.29, 0.717) is 23.8 Å². The number of carbonyl (C=O) groups is 1. The molecular weight excluding hydrogens is 364 g/mol. The van der Waals surface area contributed by atoms with Gasteiger partial charge in [0, 0.05) is 31.1 Å². The molecular formula is C24H32N2O3. The molecule has 29 heavy (non-hydrogen) atoms. The van der Waals surface area contributed by atoms with Crippen LogP contribution in [-0.4, -0.2) is 31.3 Å². The number of hydrogen-bond donors (Lipinski definition) is 1. The first kappa shape index (κ1) is 21.2. The number of hydrogen-bond acceptors (Lipinski definition) is 5. The van der Waals surface area contributed by atoms with Crippen LogP contribution in [-0.2, 0) is 16.1 Å². The monoisotopic (exact) mass is 396 g/mol. The van der Waals surface area contributed by atoms with Crippen molar-refractivity contribution in [1.82, 2.24) is 0 Å². The van der Waals surface area contributed by atoms with Crippen LogP contribution in [0.2, 0.25) is 0 Å². The van der Waals surface area contributed by atoms with Gasteiger partial charge in [0.25, 0.3) is 0 Å². The number of anilines is 2. The first-order valence-electron chi connectivity index (χ1n) is 10.3. The zero-order valence-electron chi connectivity index (χ0n) is 17.7. The van der Waals surface area contributed by atoms with Crippen molar-refractivity contribution in [2.24, 2.45) is 5.92 Å². The van der Waals surface area contributed by atoms with Crippen molar-refractivity contribution >= 4 is 17.3 Å². The van der Waals surface area contributed by atoms with Gasteiger partial charge in [0.2, 0.25) is 0 Å². The zero-order valence-corrected chi connectivity index (χ0v) is 17.7. The Morgan fingerprint density at radius 1 is 1.10 bits per heavy atom. The first-order valence-corrected chi connectivity index (χ1v) is 10.3. The second-order valence-corrected chi connectivity index (χ2v) is 8.70. The van der Waals surface area contributed by atoms with Crippen molar-refractivity contribution in [3.8, 4) is 0 Å². The Labute approximate surface area is 173 Å². The number of nitrogens with zero attached hydrogens (tertiary/aromatic N) is 1. The van der Waals surface area contributed by atoms with Gasteiger partial charge in [-0.2, -0.15) is 0 Å². The second kappa shape index (κ2) is 9.31. The average molecular weight is 397 g/mol. The number of ether oxygens (including phenoxy) is 2. The van der Waals surface area contributed by atoms with Crippen LogP contribution in [0.25, 0.3) is 0 Å². The quantitative estimate of drug-likeness (QED) is 0.568. The molecule has 5 nitrogen and oxygen atoms in total. The van der Waals surface area contributed by atoms with Gasteiger partial charge in [-0.3, -0.25) is 0 Å². The summed E-state index contributed by atoms with van der Waals surface area (Å²) in [7, 11) is 0. The third-order valence-corrected chi connectivity index (χ3v) is 5.10. The fourth-order valence-electron chi connectivity index (χ4n) is 3.54. The molecule has 5 heteroatoms. The first-order chi connectivity index (χ1) is 13.8. The molecule has 1 fully saturated rings. The number of carbonyl (C=O) groups excluding carboxylic acids is 1. The average Bonchev–Trinajstić information content (AvgIpc) is 2.68. The van der Waals surface area contributed by atoms with Gasteiger partial charge in [-0.05, 0) is 63.3 Å². The van der Waals surface area contributed by atoms with Crippen molar-refractivity contribution in [3.05, 3.63) is 59.7 Å². The third kappa shape index (κ3) is 6.23. The van der Waals surface area contributed by atoms with E-state index in [2.05, 4.69) is 17.0 Å². The maximum absolute atomic E-state index is 12.3. The molecule has 1 heterocycles. The highest BCUT2D eigenvalue weighted by atomic mass is 16.6. The second-order valence-electron chi connectivity index (χ2n) is 8.70. The molecule has 1 aliphatic heterocycles. The SMILES string of the molecule is CC(C)(C)OC(=O)c1ccc(N2CCC(COCc3ccccc3)CC2)cc1N. The van der Waals surface area contributed by atoms with E-state index in [4.69, 9.17) is 15.2 Å². The molecule has 0 spiro atoms. The molecule has 3 rings (SSSR count). The van der Waals surface area contributed by atoms with E-state index in [0.717, 1.165) is 38.2 Å². The van der Waals surface area contributed by atoms with E-state index in [1.807, 2.05) is 51.1 Å². The minimum absolute atomic E-state index is 0.379. The van der Waals surface area contributed by atoms with Crippen LogP contribution in [0.3, 0.4) is 0 Å². The van der Waals surface area contributed by atoms with E-state index in [1.54, 1.807) is 6.07 Å². The molecule has 0 aromatic heterocycles. The Hall–Kier alpha value is -2.53. The van der Waals surface area contributed by atoms with Crippen molar-refractivity contribution in [1.29, 1.82) is 0 Å². The summed E-state index contributed by atoms with van der Waals surface area (Å²) in [5, 5.41) is 0. The van der Waals surface area contributed by atoms with Crippen molar-refractivity contribution in [2.45, 2.75) is 45.8 Å². The predicted molar refractivity (Wildman–Crippen MR) is 117 cm³/mol. The molecule has 1 aliphatic rings. The Morgan fingerprint density at radius 2 is 1.79 bits per heavy atom. The minimum Gasteiger partial charge on any atom is -0.456 e. The van der Waals surface area contributed by atoms with Crippen LogP contribution in [0.4, 0.5) is 11.4 Å². The Balaban J connectivity index is 1.49. The normalized spacial score (nSPS) is 15.3. The van der Waals surface area contributed by atoms with Gasteiger partial charge in [0.05, 0.1) is 12.2 Å². The molecule has 0 atom stereocenters. The van der Waals surface area contributed by atoms with E-state index in [-0.39, 0.29) is 5.97 Å². The number of benzene rings is 2. The van der Waals surface area contributed by atoms with Gasteiger partial charge >= 0.3 is 5.97 Å². The number of rotatable bonds is 6. The van der Waals surface area contributed by atoms with E-state index in [9.17, 15) is 4.79 Å². The smallest absolute Gasteiger partial charge is 0.340 e. The Kier molecular flexibility index (Phi) is 6.80. The summed E-state index contributed by atoms with van der Waals surface area (Å²) in [5.74, 6) is 0.198. The molecule has 0 radical (unpaired) electrons. The summed E-state index contributed by atoms with van der Waals surface area (Å²) >= 11 is 0. The number of esters is 1. The van der Waals surface area contributed by atoms with E-state index >= 15 is 0 Å². The van der Waals surface area contributed by atoms with Gasteiger partial charge in [-0.15, -0.1) is 0 Å². The Morgan fingerprint density at radius 3 is 2.41 bits per heavy atom. The molecule has 0 saturated carbocycles. The highest BCUT2D eigenvalue weighted by molar-refractivity contribution is 5.96. The lowest BCUT2D eigenvalue weighted by Gasteiger charge is -2.33. The van der Waals surface area contributed by atoms with Crippen molar-refractivity contribution in [2.75, 3.05) is 30.3 Å². The molecule has 0 unspecified atom stereocenters. The van der Waals surface area contributed by atoms with Crippen molar-refractivity contribution in [3.63, 3.8) is 0 Å². The summed E-state index contributed by atoms with van der Waals surface area (Å²) < 4.78 is 11.3. The topological polar surface area (TPSA) is 64.8 Å². The molecule has 2 aromatic rings. The highest BCUT2D eigenvalue weighted by Gasteiger charge is 2.23. The Bertz CT molecular complexity index is 807. The van der Waals surface area contributed by atoms with Gasteiger partial charge in [-0.1, -0.05) is 30.3 Å². The standard InChI is InChI=1S/C24H32N2O3/c1-24(2,3)29-23(27)21-10-9-20(15-22(21)25)26-13-11-19(12-14-26)17-28-16-18-7-5-4-6-8-18/h4-10,15,19H,11-14,16-17,25H2,1-3H3. The number of nitrogens with two attached hydrogens (primary N) is 1. The number of piperidine rings is 1. The fraction of sp³-hybridized carbons (Fsp3) is 0.458.